The number of nitrogens with zero attached hydrogens (tertiary/aromatic N) is 4. The molecule has 1 saturated heterocycles. The van der Waals surface area contributed by atoms with Crippen LogP contribution < -0.4 is 5.32 Å². The van der Waals surface area contributed by atoms with Crippen molar-refractivity contribution in [2.45, 2.75) is 52.1 Å². The molecule has 156 valence electrons. The summed E-state index contributed by atoms with van der Waals surface area (Å²) in [5, 5.41) is 7.85. The number of benzene rings is 1. The fourth-order valence-electron chi connectivity index (χ4n) is 4.30. The molecule has 1 aromatic carbocycles. The van der Waals surface area contributed by atoms with Gasteiger partial charge in [-0.2, -0.15) is 5.10 Å². The molecule has 6 heteroatoms. The van der Waals surface area contributed by atoms with Crippen LogP contribution in [0.1, 0.15) is 54.2 Å². The van der Waals surface area contributed by atoms with Crippen molar-refractivity contribution in [1.29, 1.82) is 0 Å². The third-order valence-corrected chi connectivity index (χ3v) is 5.96. The Kier molecular flexibility index (Phi) is 6.12. The molecule has 2 aromatic heterocycles. The maximum absolute atomic E-state index is 13.2. The monoisotopic (exact) mass is 403 g/mol. The van der Waals surface area contributed by atoms with E-state index in [-0.39, 0.29) is 12.1 Å². The molecule has 1 fully saturated rings. The van der Waals surface area contributed by atoms with E-state index in [9.17, 15) is 4.79 Å². The Bertz CT molecular complexity index is 984. The summed E-state index contributed by atoms with van der Waals surface area (Å²) < 4.78 is 1.95. The standard InChI is InChI=1S/C24H29N5O/c1-18-22(19(2)29(27-18)21-9-5-3-6-10-21)17-26-24(30)28-16-8-4-7-11-23(28)20-12-14-25-15-13-20/h3,5-6,9-10,12-15,23H,4,7-8,11,16-17H2,1-2H3,(H,26,30). The van der Waals surface area contributed by atoms with E-state index >= 15 is 0 Å². The Morgan fingerprint density at radius 3 is 2.60 bits per heavy atom. The van der Waals surface area contributed by atoms with Gasteiger partial charge in [0.2, 0.25) is 0 Å². The second kappa shape index (κ2) is 9.11. The number of carbonyl (C=O) groups excluding carboxylic acids is 1. The van der Waals surface area contributed by atoms with E-state index in [4.69, 9.17) is 5.10 Å². The predicted octanol–water partition coefficient (Wildman–Crippen LogP) is 4.71. The van der Waals surface area contributed by atoms with Gasteiger partial charge in [0.25, 0.3) is 0 Å². The Morgan fingerprint density at radius 2 is 1.83 bits per heavy atom. The van der Waals surface area contributed by atoms with Gasteiger partial charge in [-0.15, -0.1) is 0 Å². The van der Waals surface area contributed by atoms with E-state index in [0.717, 1.165) is 60.4 Å². The van der Waals surface area contributed by atoms with Crippen molar-refractivity contribution in [2.75, 3.05) is 6.54 Å². The van der Waals surface area contributed by atoms with E-state index in [1.165, 1.54) is 0 Å². The second-order valence-electron chi connectivity index (χ2n) is 7.89. The zero-order valence-corrected chi connectivity index (χ0v) is 17.7. The van der Waals surface area contributed by atoms with Crippen LogP contribution in [-0.2, 0) is 6.54 Å². The summed E-state index contributed by atoms with van der Waals surface area (Å²) in [5.74, 6) is 0. The maximum atomic E-state index is 13.2. The number of pyridine rings is 1. The lowest BCUT2D eigenvalue weighted by Crippen LogP contribution is -2.42. The van der Waals surface area contributed by atoms with Gasteiger partial charge in [-0.25, -0.2) is 9.48 Å². The van der Waals surface area contributed by atoms with Crippen molar-refractivity contribution in [3.05, 3.63) is 77.4 Å². The van der Waals surface area contributed by atoms with Crippen molar-refractivity contribution < 1.29 is 4.79 Å². The highest BCUT2D eigenvalue weighted by molar-refractivity contribution is 5.75. The molecule has 0 spiro atoms. The van der Waals surface area contributed by atoms with Crippen LogP contribution in [0.4, 0.5) is 4.79 Å². The summed E-state index contributed by atoms with van der Waals surface area (Å²) in [5.41, 5.74) is 5.26. The normalized spacial score (nSPS) is 16.9. The minimum Gasteiger partial charge on any atom is -0.334 e. The smallest absolute Gasteiger partial charge is 0.318 e. The Hall–Kier alpha value is -3.15. The molecular formula is C24H29N5O. The van der Waals surface area contributed by atoms with Crippen LogP contribution in [0, 0.1) is 13.8 Å². The molecule has 3 heterocycles. The maximum Gasteiger partial charge on any atom is 0.318 e. The molecule has 1 aliphatic rings. The minimum absolute atomic E-state index is 0.00928. The number of urea groups is 1. The fourth-order valence-corrected chi connectivity index (χ4v) is 4.30. The van der Waals surface area contributed by atoms with Crippen molar-refractivity contribution in [1.82, 2.24) is 25.0 Å². The van der Waals surface area contributed by atoms with Crippen LogP contribution in [-0.4, -0.2) is 32.2 Å². The van der Waals surface area contributed by atoms with Gasteiger partial charge in [0, 0.05) is 36.7 Å². The zero-order chi connectivity index (χ0) is 20.9. The molecule has 1 atom stereocenters. The van der Waals surface area contributed by atoms with E-state index in [0.29, 0.717) is 6.54 Å². The first-order valence-corrected chi connectivity index (χ1v) is 10.7. The van der Waals surface area contributed by atoms with Crippen molar-refractivity contribution in [2.24, 2.45) is 0 Å². The van der Waals surface area contributed by atoms with E-state index in [2.05, 4.69) is 17.2 Å². The molecule has 1 unspecified atom stereocenters. The molecule has 0 bridgehead atoms. The van der Waals surface area contributed by atoms with Gasteiger partial charge in [-0.1, -0.05) is 31.0 Å². The van der Waals surface area contributed by atoms with Crippen LogP contribution in [0.2, 0.25) is 0 Å². The lowest BCUT2D eigenvalue weighted by Gasteiger charge is -2.30. The predicted molar refractivity (Wildman–Crippen MR) is 117 cm³/mol. The summed E-state index contributed by atoms with van der Waals surface area (Å²) in [4.78, 5) is 19.3. The topological polar surface area (TPSA) is 63.1 Å². The number of aryl methyl sites for hydroxylation is 1. The van der Waals surface area contributed by atoms with Crippen LogP contribution in [0.25, 0.3) is 5.69 Å². The highest BCUT2D eigenvalue weighted by Gasteiger charge is 2.27. The van der Waals surface area contributed by atoms with Gasteiger partial charge in [-0.3, -0.25) is 4.98 Å². The molecule has 4 rings (SSSR count). The van der Waals surface area contributed by atoms with Gasteiger partial charge in [0.1, 0.15) is 0 Å². The van der Waals surface area contributed by atoms with Crippen LogP contribution in [0.5, 0.6) is 0 Å². The summed E-state index contributed by atoms with van der Waals surface area (Å²) >= 11 is 0. The first-order valence-electron chi connectivity index (χ1n) is 10.7. The van der Waals surface area contributed by atoms with Gasteiger partial charge in [0.05, 0.1) is 17.4 Å². The number of amides is 2. The van der Waals surface area contributed by atoms with E-state index in [1.807, 2.05) is 59.0 Å². The van der Waals surface area contributed by atoms with Crippen LogP contribution in [0.15, 0.2) is 54.9 Å². The molecule has 1 N–H and O–H groups in total. The summed E-state index contributed by atoms with van der Waals surface area (Å²) in [6.45, 7) is 5.31. The molecule has 3 aromatic rings. The van der Waals surface area contributed by atoms with Gasteiger partial charge in [-0.05, 0) is 56.5 Å². The van der Waals surface area contributed by atoms with Crippen LogP contribution >= 0.6 is 0 Å². The second-order valence-corrected chi connectivity index (χ2v) is 7.89. The molecule has 2 amide bonds. The van der Waals surface area contributed by atoms with Gasteiger partial charge in [0.15, 0.2) is 0 Å². The average molecular weight is 404 g/mol. The summed E-state index contributed by atoms with van der Waals surface area (Å²) in [6.07, 6.45) is 7.94. The zero-order valence-electron chi connectivity index (χ0n) is 17.7. The van der Waals surface area contributed by atoms with E-state index < -0.39 is 0 Å². The Balaban J connectivity index is 1.50. The average Bonchev–Trinajstić information content (AvgIpc) is 2.95. The lowest BCUT2D eigenvalue weighted by atomic mass is 10.0. The summed E-state index contributed by atoms with van der Waals surface area (Å²) in [6, 6.07) is 14.2. The molecule has 1 aliphatic heterocycles. The number of rotatable bonds is 4. The van der Waals surface area contributed by atoms with Gasteiger partial charge >= 0.3 is 6.03 Å². The SMILES string of the molecule is Cc1nn(-c2ccccc2)c(C)c1CNC(=O)N1CCCCCC1c1ccncc1. The molecule has 6 nitrogen and oxygen atoms in total. The largest absolute Gasteiger partial charge is 0.334 e. The summed E-state index contributed by atoms with van der Waals surface area (Å²) in [7, 11) is 0. The van der Waals surface area contributed by atoms with Crippen molar-refractivity contribution in [3.8, 4) is 5.69 Å². The number of likely N-dealkylation sites (tertiary alicyclic amines) is 1. The number of aromatic nitrogens is 3. The van der Waals surface area contributed by atoms with Gasteiger partial charge < -0.3 is 10.2 Å². The number of nitrogens with one attached hydrogen (secondary N) is 1. The third-order valence-electron chi connectivity index (χ3n) is 5.96. The third kappa shape index (κ3) is 4.22. The van der Waals surface area contributed by atoms with Crippen molar-refractivity contribution in [3.63, 3.8) is 0 Å². The Labute approximate surface area is 177 Å². The fraction of sp³-hybridized carbons (Fsp3) is 0.375. The molecule has 0 aliphatic carbocycles. The quantitative estimate of drug-likeness (QED) is 0.686. The number of hydrogen-bond donors (Lipinski definition) is 1. The first-order chi connectivity index (χ1) is 14.6. The van der Waals surface area contributed by atoms with Crippen LogP contribution in [0.3, 0.4) is 0 Å². The molecule has 0 saturated carbocycles. The molecule has 30 heavy (non-hydrogen) atoms. The highest BCUT2D eigenvalue weighted by Crippen LogP contribution is 2.30. The first kappa shape index (κ1) is 20.1. The number of carbonyl (C=O) groups is 1. The lowest BCUT2D eigenvalue weighted by molar-refractivity contribution is 0.175. The Morgan fingerprint density at radius 1 is 1.07 bits per heavy atom. The molecular weight excluding hydrogens is 374 g/mol. The van der Waals surface area contributed by atoms with Crippen molar-refractivity contribution >= 4 is 6.03 Å². The highest BCUT2D eigenvalue weighted by atomic mass is 16.2. The minimum atomic E-state index is -0.00928. The number of para-hydroxylation sites is 1. The van der Waals surface area contributed by atoms with E-state index in [1.54, 1.807) is 12.4 Å². The molecule has 0 radical (unpaired) electrons. The number of hydrogen-bond acceptors (Lipinski definition) is 3.